The van der Waals surface area contributed by atoms with Gasteiger partial charge < -0.3 is 4.57 Å². The molecule has 90 valence electrons. The van der Waals surface area contributed by atoms with E-state index in [1.165, 1.54) is 0 Å². The first kappa shape index (κ1) is 12.5. The van der Waals surface area contributed by atoms with Crippen molar-refractivity contribution in [3.63, 3.8) is 0 Å². The van der Waals surface area contributed by atoms with Crippen LogP contribution in [-0.2, 0) is 6.54 Å². The summed E-state index contributed by atoms with van der Waals surface area (Å²) in [5.74, 6) is 0.00959. The summed E-state index contributed by atoms with van der Waals surface area (Å²) in [4.78, 5) is 13.2. The molecule has 0 aliphatic rings. The molecule has 18 heavy (non-hydrogen) atoms. The predicted molar refractivity (Wildman–Crippen MR) is 71.7 cm³/mol. The van der Waals surface area contributed by atoms with Crippen LogP contribution in [0.25, 0.3) is 0 Å². The zero-order valence-corrected chi connectivity index (χ0v) is 10.8. The molecule has 0 saturated heterocycles. The first-order chi connectivity index (χ1) is 8.74. The number of carbonyl (C=O) groups excluding carboxylic acids is 1. The quantitative estimate of drug-likeness (QED) is 0.624. The summed E-state index contributed by atoms with van der Waals surface area (Å²) >= 11 is 1.64. The van der Waals surface area contributed by atoms with Gasteiger partial charge in [-0.1, -0.05) is 12.1 Å². The van der Waals surface area contributed by atoms with E-state index in [1.807, 2.05) is 30.5 Å². The number of benzene rings is 1. The van der Waals surface area contributed by atoms with Gasteiger partial charge in [-0.3, -0.25) is 4.79 Å². The Labute approximate surface area is 110 Å². The number of nitriles is 1. The number of hydrogen-bond donors (Lipinski definition) is 0. The average Bonchev–Trinajstić information content (AvgIpc) is 2.86. The van der Waals surface area contributed by atoms with E-state index in [0.717, 1.165) is 4.90 Å². The van der Waals surface area contributed by atoms with Crippen molar-refractivity contribution in [3.05, 3.63) is 53.9 Å². The van der Waals surface area contributed by atoms with E-state index in [2.05, 4.69) is 6.07 Å². The van der Waals surface area contributed by atoms with Crippen LogP contribution in [0.4, 0.5) is 0 Å². The van der Waals surface area contributed by atoms with E-state index in [4.69, 9.17) is 5.26 Å². The highest BCUT2D eigenvalue weighted by atomic mass is 32.2. The first-order valence-electron chi connectivity index (χ1n) is 5.47. The Morgan fingerprint density at radius 1 is 1.33 bits per heavy atom. The van der Waals surface area contributed by atoms with Gasteiger partial charge in [0, 0.05) is 16.7 Å². The molecule has 0 fully saturated rings. The Hall–Kier alpha value is -1.99. The van der Waals surface area contributed by atoms with Gasteiger partial charge in [-0.2, -0.15) is 5.26 Å². The van der Waals surface area contributed by atoms with E-state index >= 15 is 0 Å². The summed E-state index contributed by atoms with van der Waals surface area (Å²) in [6.07, 6.45) is 3.74. The largest absolute Gasteiger partial charge is 0.332 e. The molecule has 1 aromatic heterocycles. The molecule has 0 saturated carbocycles. The highest BCUT2D eigenvalue weighted by molar-refractivity contribution is 7.98. The highest BCUT2D eigenvalue weighted by Gasteiger charge is 2.08. The van der Waals surface area contributed by atoms with Gasteiger partial charge in [0.25, 0.3) is 0 Å². The van der Waals surface area contributed by atoms with Crippen molar-refractivity contribution in [1.29, 1.82) is 5.26 Å². The van der Waals surface area contributed by atoms with Crippen LogP contribution in [0.2, 0.25) is 0 Å². The lowest BCUT2D eigenvalue weighted by Gasteiger charge is -2.04. The van der Waals surface area contributed by atoms with Gasteiger partial charge in [-0.25, -0.2) is 0 Å². The van der Waals surface area contributed by atoms with Crippen molar-refractivity contribution in [1.82, 2.24) is 4.57 Å². The molecule has 0 radical (unpaired) electrons. The molecule has 0 unspecified atom stereocenters. The topological polar surface area (TPSA) is 45.8 Å². The van der Waals surface area contributed by atoms with E-state index < -0.39 is 0 Å². The van der Waals surface area contributed by atoms with Gasteiger partial charge in [0.2, 0.25) is 0 Å². The van der Waals surface area contributed by atoms with E-state index in [-0.39, 0.29) is 12.3 Å². The molecule has 2 rings (SSSR count). The first-order valence-corrected chi connectivity index (χ1v) is 6.69. The summed E-state index contributed by atoms with van der Waals surface area (Å²) in [7, 11) is 0. The van der Waals surface area contributed by atoms with Crippen LogP contribution in [0.1, 0.15) is 16.1 Å². The highest BCUT2D eigenvalue weighted by Crippen LogP contribution is 2.15. The van der Waals surface area contributed by atoms with Gasteiger partial charge in [0.15, 0.2) is 5.78 Å². The second-order valence-electron chi connectivity index (χ2n) is 3.78. The zero-order valence-electron chi connectivity index (χ0n) is 9.96. The Bertz CT molecular complexity index is 593. The minimum Gasteiger partial charge on any atom is -0.332 e. The fourth-order valence-corrected chi connectivity index (χ4v) is 2.08. The molecule has 0 amide bonds. The van der Waals surface area contributed by atoms with Crippen LogP contribution < -0.4 is 0 Å². The van der Waals surface area contributed by atoms with Gasteiger partial charge >= 0.3 is 0 Å². The maximum atomic E-state index is 12.0. The van der Waals surface area contributed by atoms with Gasteiger partial charge in [0.1, 0.15) is 11.8 Å². The van der Waals surface area contributed by atoms with Crippen molar-refractivity contribution in [3.8, 4) is 6.07 Å². The third-order valence-electron chi connectivity index (χ3n) is 2.67. The molecular formula is C14H12N2OS. The molecule has 0 aliphatic carbocycles. The van der Waals surface area contributed by atoms with Crippen LogP contribution in [0.15, 0.2) is 47.5 Å². The standard InChI is InChI=1S/C14H12N2OS/c1-18-13-6-4-11(5-7-13)14(17)10-16-8-2-3-12(16)9-15/h2-8H,10H2,1H3. The molecule has 1 heterocycles. The van der Waals surface area contributed by atoms with Crippen molar-refractivity contribution in [2.45, 2.75) is 11.4 Å². The Balaban J connectivity index is 2.15. The monoisotopic (exact) mass is 256 g/mol. The van der Waals surface area contributed by atoms with Crippen LogP contribution >= 0.6 is 11.8 Å². The van der Waals surface area contributed by atoms with E-state index in [1.54, 1.807) is 34.7 Å². The minimum atomic E-state index is 0.00959. The number of rotatable bonds is 4. The predicted octanol–water partition coefficient (Wildman–Crippen LogP) is 2.96. The summed E-state index contributed by atoms with van der Waals surface area (Å²) < 4.78 is 1.66. The maximum Gasteiger partial charge on any atom is 0.182 e. The molecule has 3 nitrogen and oxygen atoms in total. The SMILES string of the molecule is CSc1ccc(C(=O)Cn2cccc2C#N)cc1. The number of ketones is 1. The van der Waals surface area contributed by atoms with Crippen molar-refractivity contribution in [2.75, 3.05) is 6.26 Å². The Kier molecular flexibility index (Phi) is 3.85. The molecule has 1 aromatic carbocycles. The summed E-state index contributed by atoms with van der Waals surface area (Å²) in [5, 5.41) is 8.87. The fraction of sp³-hybridized carbons (Fsp3) is 0.143. The van der Waals surface area contributed by atoms with Crippen LogP contribution in [0, 0.1) is 11.3 Å². The molecule has 0 N–H and O–H groups in total. The van der Waals surface area contributed by atoms with Crippen LogP contribution in [0.5, 0.6) is 0 Å². The van der Waals surface area contributed by atoms with Crippen LogP contribution in [-0.4, -0.2) is 16.6 Å². The lowest BCUT2D eigenvalue weighted by Crippen LogP contribution is -2.10. The van der Waals surface area contributed by atoms with Crippen molar-refractivity contribution in [2.24, 2.45) is 0 Å². The number of nitrogens with zero attached hydrogens (tertiary/aromatic N) is 2. The number of carbonyl (C=O) groups is 1. The second-order valence-corrected chi connectivity index (χ2v) is 4.66. The van der Waals surface area contributed by atoms with Crippen molar-refractivity contribution >= 4 is 17.5 Å². The number of thioether (sulfide) groups is 1. The lowest BCUT2D eigenvalue weighted by molar-refractivity contribution is 0.0972. The minimum absolute atomic E-state index is 0.00959. The van der Waals surface area contributed by atoms with Gasteiger partial charge in [-0.15, -0.1) is 11.8 Å². The Morgan fingerprint density at radius 2 is 2.06 bits per heavy atom. The third kappa shape index (κ3) is 2.63. The van der Waals surface area contributed by atoms with Gasteiger partial charge in [0.05, 0.1) is 6.54 Å². The van der Waals surface area contributed by atoms with Gasteiger partial charge in [-0.05, 0) is 30.5 Å². The molecule has 0 spiro atoms. The summed E-state index contributed by atoms with van der Waals surface area (Å²) in [6, 6.07) is 13.0. The number of aromatic nitrogens is 1. The summed E-state index contributed by atoms with van der Waals surface area (Å²) in [6.45, 7) is 0.203. The second kappa shape index (κ2) is 5.56. The smallest absolute Gasteiger partial charge is 0.182 e. The normalized spacial score (nSPS) is 10.0. The maximum absolute atomic E-state index is 12.0. The molecule has 0 bridgehead atoms. The molecular weight excluding hydrogens is 244 g/mol. The molecule has 0 aliphatic heterocycles. The lowest BCUT2D eigenvalue weighted by atomic mass is 10.1. The van der Waals surface area contributed by atoms with E-state index in [0.29, 0.717) is 11.3 Å². The number of Topliss-reactive ketones (excluding diaryl/α,β-unsaturated/α-hetero) is 1. The van der Waals surface area contributed by atoms with Crippen LogP contribution in [0.3, 0.4) is 0 Å². The number of hydrogen-bond acceptors (Lipinski definition) is 3. The van der Waals surface area contributed by atoms with Crippen molar-refractivity contribution < 1.29 is 4.79 Å². The Morgan fingerprint density at radius 3 is 2.67 bits per heavy atom. The van der Waals surface area contributed by atoms with E-state index in [9.17, 15) is 4.79 Å². The third-order valence-corrected chi connectivity index (χ3v) is 3.41. The molecule has 2 aromatic rings. The zero-order chi connectivity index (χ0) is 13.0. The molecule has 0 atom stereocenters. The fourth-order valence-electron chi connectivity index (χ4n) is 1.68. The molecule has 4 heteroatoms. The average molecular weight is 256 g/mol. The summed E-state index contributed by atoms with van der Waals surface area (Å²) in [5.41, 5.74) is 1.18.